The van der Waals surface area contributed by atoms with E-state index in [2.05, 4.69) is 0 Å². The first kappa shape index (κ1) is 13.8. The third kappa shape index (κ3) is 2.52. The highest BCUT2D eigenvalue weighted by Crippen LogP contribution is 2.36. The Kier molecular flexibility index (Phi) is 3.48. The number of nitrogens with two attached hydrogens (primary N) is 1. The molecule has 0 fully saturated rings. The lowest BCUT2D eigenvalue weighted by Crippen LogP contribution is -2.12. The Morgan fingerprint density at radius 3 is 1.78 bits per heavy atom. The molecule has 1 aromatic rings. The maximum atomic E-state index is 11.3. The summed E-state index contributed by atoms with van der Waals surface area (Å²) >= 11 is 0. The second-order valence-corrected chi connectivity index (χ2v) is 5.28. The summed E-state index contributed by atoms with van der Waals surface area (Å²) in [6.45, 7) is 0. The minimum atomic E-state index is -3.82. The molecule has 0 heterocycles. The van der Waals surface area contributed by atoms with Crippen LogP contribution in [0.25, 0.3) is 0 Å². The van der Waals surface area contributed by atoms with Crippen molar-refractivity contribution in [3.05, 3.63) is 32.4 Å². The fourth-order valence-electron chi connectivity index (χ4n) is 1.24. The summed E-state index contributed by atoms with van der Waals surface area (Å²) in [4.78, 5) is 19.0. The number of rotatable bonds is 4. The molecule has 0 aliphatic heterocycles. The van der Waals surface area contributed by atoms with Gasteiger partial charge in [-0.05, 0) is 0 Å². The third-order valence-corrected chi connectivity index (χ3v) is 3.13. The highest BCUT2D eigenvalue weighted by molar-refractivity contribution is 7.90. The van der Waals surface area contributed by atoms with Gasteiger partial charge in [-0.15, -0.1) is 0 Å². The molecule has 98 valence electrons. The van der Waals surface area contributed by atoms with Gasteiger partial charge < -0.3 is 5.43 Å². The van der Waals surface area contributed by atoms with Crippen LogP contribution in [0.15, 0.2) is 17.0 Å². The van der Waals surface area contributed by atoms with Crippen molar-refractivity contribution in [3.8, 4) is 0 Å². The standard InChI is InChI=1S/C7H8N4O6S/c1-18(16,17)4-2-5(10(12)13)7(9-8)6(3-4)11(14)15/h2-3,9H,8H2,1H3. The molecule has 0 spiro atoms. The zero-order valence-corrected chi connectivity index (χ0v) is 9.80. The number of nitro benzene ring substituents is 2. The molecular formula is C7H8N4O6S. The number of anilines is 1. The van der Waals surface area contributed by atoms with E-state index in [0.29, 0.717) is 12.1 Å². The molecule has 0 aliphatic rings. The Morgan fingerprint density at radius 2 is 1.56 bits per heavy atom. The first-order valence-corrected chi connectivity index (χ1v) is 6.21. The number of benzene rings is 1. The Labute approximate surface area is 101 Å². The molecular weight excluding hydrogens is 268 g/mol. The van der Waals surface area contributed by atoms with Crippen LogP contribution in [-0.2, 0) is 9.84 Å². The third-order valence-electron chi connectivity index (χ3n) is 2.04. The summed E-state index contributed by atoms with van der Waals surface area (Å²) in [6, 6.07) is 1.41. The maximum absolute atomic E-state index is 11.3. The van der Waals surface area contributed by atoms with E-state index < -0.39 is 41.6 Å². The molecule has 0 saturated heterocycles. The number of nitrogen functional groups attached to an aromatic ring is 1. The van der Waals surface area contributed by atoms with E-state index in [0.717, 1.165) is 6.26 Å². The van der Waals surface area contributed by atoms with Crippen LogP contribution in [0.5, 0.6) is 0 Å². The fourth-order valence-corrected chi connectivity index (χ4v) is 1.89. The van der Waals surface area contributed by atoms with Crippen molar-refractivity contribution in [3.63, 3.8) is 0 Å². The maximum Gasteiger partial charge on any atom is 0.302 e. The van der Waals surface area contributed by atoms with Crippen molar-refractivity contribution in [2.45, 2.75) is 4.90 Å². The average Bonchev–Trinajstić information content (AvgIpc) is 2.25. The van der Waals surface area contributed by atoms with Gasteiger partial charge in [0.05, 0.1) is 14.7 Å². The van der Waals surface area contributed by atoms with Crippen LogP contribution in [-0.4, -0.2) is 24.5 Å². The molecule has 18 heavy (non-hydrogen) atoms. The first-order chi connectivity index (χ1) is 8.18. The smallest absolute Gasteiger partial charge is 0.302 e. The van der Waals surface area contributed by atoms with Crippen LogP contribution >= 0.6 is 0 Å². The molecule has 0 aliphatic carbocycles. The van der Waals surface area contributed by atoms with Crippen molar-refractivity contribution in [2.75, 3.05) is 11.7 Å². The number of hydrogen-bond acceptors (Lipinski definition) is 8. The van der Waals surface area contributed by atoms with Crippen molar-refractivity contribution >= 4 is 26.9 Å². The van der Waals surface area contributed by atoms with Crippen LogP contribution in [0.3, 0.4) is 0 Å². The van der Waals surface area contributed by atoms with E-state index in [1.54, 1.807) is 0 Å². The van der Waals surface area contributed by atoms with Gasteiger partial charge in [0, 0.05) is 18.4 Å². The molecule has 0 bridgehead atoms. The summed E-state index contributed by atoms with van der Waals surface area (Å²) in [5, 5.41) is 21.5. The molecule has 0 aromatic heterocycles. The second kappa shape index (κ2) is 4.54. The normalized spacial score (nSPS) is 11.0. The lowest BCUT2D eigenvalue weighted by atomic mass is 10.2. The van der Waals surface area contributed by atoms with Gasteiger partial charge in [0.1, 0.15) is 0 Å². The average molecular weight is 276 g/mol. The van der Waals surface area contributed by atoms with Crippen molar-refractivity contribution in [2.24, 2.45) is 5.84 Å². The van der Waals surface area contributed by atoms with Gasteiger partial charge in [-0.2, -0.15) is 0 Å². The van der Waals surface area contributed by atoms with Gasteiger partial charge in [-0.3, -0.25) is 26.1 Å². The first-order valence-electron chi connectivity index (χ1n) is 4.32. The summed E-state index contributed by atoms with van der Waals surface area (Å²) in [5.74, 6) is 4.98. The van der Waals surface area contributed by atoms with Gasteiger partial charge in [0.2, 0.25) is 5.69 Å². The Balaban J connectivity index is 3.76. The minimum absolute atomic E-state index is 0.528. The Hall–Kier alpha value is -2.27. The molecule has 1 rings (SSSR count). The van der Waals surface area contributed by atoms with E-state index in [-0.39, 0.29) is 0 Å². The lowest BCUT2D eigenvalue weighted by molar-refractivity contribution is -0.392. The predicted octanol–water partition coefficient (Wildman–Crippen LogP) is 0.192. The summed E-state index contributed by atoms with van der Waals surface area (Å²) in [6.07, 6.45) is 0.783. The summed E-state index contributed by atoms with van der Waals surface area (Å²) < 4.78 is 22.6. The Morgan fingerprint density at radius 1 is 1.17 bits per heavy atom. The molecule has 3 N–H and O–H groups in total. The lowest BCUT2D eigenvalue weighted by Gasteiger charge is -2.05. The van der Waals surface area contributed by atoms with E-state index in [1.807, 2.05) is 5.43 Å². The highest BCUT2D eigenvalue weighted by Gasteiger charge is 2.28. The number of sulfone groups is 1. The van der Waals surface area contributed by atoms with E-state index in [4.69, 9.17) is 5.84 Å². The molecule has 0 amide bonds. The summed E-state index contributed by atoms with van der Waals surface area (Å²) in [7, 11) is -3.82. The van der Waals surface area contributed by atoms with Crippen LogP contribution < -0.4 is 11.3 Å². The number of nitrogens with one attached hydrogen (secondary N) is 1. The monoisotopic (exact) mass is 276 g/mol. The van der Waals surface area contributed by atoms with E-state index in [1.165, 1.54) is 0 Å². The largest absolute Gasteiger partial charge is 0.313 e. The molecule has 0 radical (unpaired) electrons. The van der Waals surface area contributed by atoms with Gasteiger partial charge in [-0.25, -0.2) is 8.42 Å². The molecule has 0 unspecified atom stereocenters. The van der Waals surface area contributed by atoms with Gasteiger partial charge in [-0.1, -0.05) is 0 Å². The zero-order chi connectivity index (χ0) is 14.1. The Bertz CT molecular complexity index is 590. The van der Waals surface area contributed by atoms with Gasteiger partial charge >= 0.3 is 11.4 Å². The number of hydrogen-bond donors (Lipinski definition) is 2. The topological polar surface area (TPSA) is 158 Å². The zero-order valence-electron chi connectivity index (χ0n) is 8.98. The molecule has 1 aromatic carbocycles. The fraction of sp³-hybridized carbons (Fsp3) is 0.143. The molecule has 0 atom stereocenters. The molecule has 0 saturated carbocycles. The SMILES string of the molecule is CS(=O)(=O)c1cc([N+](=O)[O-])c(NN)c([N+](=O)[O-])c1. The van der Waals surface area contributed by atoms with Gasteiger partial charge in [0.25, 0.3) is 0 Å². The molecule has 11 heteroatoms. The van der Waals surface area contributed by atoms with Crippen LogP contribution in [0.4, 0.5) is 17.1 Å². The van der Waals surface area contributed by atoms with Crippen LogP contribution in [0.1, 0.15) is 0 Å². The quantitative estimate of drug-likeness (QED) is 0.448. The van der Waals surface area contributed by atoms with E-state index in [9.17, 15) is 28.6 Å². The second-order valence-electron chi connectivity index (χ2n) is 3.27. The predicted molar refractivity (Wildman–Crippen MR) is 60.7 cm³/mol. The van der Waals surface area contributed by atoms with Crippen molar-refractivity contribution in [1.82, 2.24) is 0 Å². The number of nitrogens with zero attached hydrogens (tertiary/aromatic N) is 2. The van der Waals surface area contributed by atoms with Crippen molar-refractivity contribution < 1.29 is 18.3 Å². The molecule has 10 nitrogen and oxygen atoms in total. The van der Waals surface area contributed by atoms with E-state index >= 15 is 0 Å². The van der Waals surface area contributed by atoms with Crippen molar-refractivity contribution in [1.29, 1.82) is 0 Å². The van der Waals surface area contributed by atoms with Crippen LogP contribution in [0, 0.1) is 20.2 Å². The minimum Gasteiger partial charge on any atom is -0.313 e. The highest BCUT2D eigenvalue weighted by atomic mass is 32.2. The summed E-state index contributed by atoms with van der Waals surface area (Å²) in [5.41, 5.74) is -0.301. The number of hydrazine groups is 1. The van der Waals surface area contributed by atoms with Crippen LogP contribution in [0.2, 0.25) is 0 Å². The van der Waals surface area contributed by atoms with Gasteiger partial charge in [0.15, 0.2) is 9.84 Å². The number of nitro groups is 2.